The Morgan fingerprint density at radius 1 is 1.37 bits per heavy atom. The van der Waals surface area contributed by atoms with Gasteiger partial charge in [-0.05, 0) is 37.8 Å². The van der Waals surface area contributed by atoms with Crippen LogP contribution in [0.15, 0.2) is 24.3 Å². The highest BCUT2D eigenvalue weighted by Gasteiger charge is 2.21. The van der Waals surface area contributed by atoms with E-state index >= 15 is 0 Å². The second-order valence-corrected chi connectivity index (χ2v) is 5.31. The van der Waals surface area contributed by atoms with Crippen LogP contribution in [0.1, 0.15) is 37.3 Å². The van der Waals surface area contributed by atoms with Crippen LogP contribution >= 0.6 is 0 Å². The molecule has 1 fully saturated rings. The van der Waals surface area contributed by atoms with E-state index in [9.17, 15) is 4.79 Å². The third-order valence-corrected chi connectivity index (χ3v) is 3.71. The molecule has 0 heterocycles. The molecule has 1 saturated carbocycles. The van der Waals surface area contributed by atoms with Gasteiger partial charge in [0.1, 0.15) is 0 Å². The Balaban J connectivity index is 1.84. The molecular weight excluding hydrogens is 236 g/mol. The van der Waals surface area contributed by atoms with Gasteiger partial charge in [0.25, 0.3) is 0 Å². The molecule has 0 saturated heterocycles. The van der Waals surface area contributed by atoms with Gasteiger partial charge in [0.15, 0.2) is 0 Å². The first-order valence-electron chi connectivity index (χ1n) is 7.26. The standard InChI is InChI=1S/C16H24N2O/c1-3-18(12-14-7-5-4-6-13(14)2)16(19)10-11-17-15-8-9-15/h4-7,15,17H,3,8-12H2,1-2H3. The van der Waals surface area contributed by atoms with Gasteiger partial charge in [-0.3, -0.25) is 4.79 Å². The summed E-state index contributed by atoms with van der Waals surface area (Å²) in [6, 6.07) is 8.96. The lowest BCUT2D eigenvalue weighted by molar-refractivity contribution is -0.131. The zero-order chi connectivity index (χ0) is 13.7. The number of aryl methyl sites for hydroxylation is 1. The molecular formula is C16H24N2O. The molecule has 0 atom stereocenters. The van der Waals surface area contributed by atoms with Crippen molar-refractivity contribution in [3.8, 4) is 0 Å². The Morgan fingerprint density at radius 3 is 2.74 bits per heavy atom. The Hall–Kier alpha value is -1.35. The fraction of sp³-hybridized carbons (Fsp3) is 0.562. The van der Waals surface area contributed by atoms with Gasteiger partial charge in [0.2, 0.25) is 5.91 Å². The maximum absolute atomic E-state index is 12.2. The Labute approximate surface area is 116 Å². The van der Waals surface area contributed by atoms with Crippen LogP contribution < -0.4 is 5.32 Å². The third kappa shape index (κ3) is 4.35. The van der Waals surface area contributed by atoms with E-state index in [0.29, 0.717) is 12.5 Å². The van der Waals surface area contributed by atoms with Gasteiger partial charge in [-0.2, -0.15) is 0 Å². The zero-order valence-corrected chi connectivity index (χ0v) is 12.0. The smallest absolute Gasteiger partial charge is 0.224 e. The summed E-state index contributed by atoms with van der Waals surface area (Å²) in [6.07, 6.45) is 3.15. The van der Waals surface area contributed by atoms with E-state index in [-0.39, 0.29) is 5.91 Å². The summed E-state index contributed by atoms with van der Waals surface area (Å²) in [5.41, 5.74) is 2.50. The van der Waals surface area contributed by atoms with Crippen LogP contribution in [-0.4, -0.2) is 29.9 Å². The van der Waals surface area contributed by atoms with Crippen LogP contribution in [-0.2, 0) is 11.3 Å². The molecule has 0 aromatic heterocycles. The number of hydrogen-bond acceptors (Lipinski definition) is 2. The minimum atomic E-state index is 0.249. The van der Waals surface area contributed by atoms with Crippen molar-refractivity contribution in [2.75, 3.05) is 13.1 Å². The highest BCUT2D eigenvalue weighted by atomic mass is 16.2. The molecule has 0 unspecified atom stereocenters. The second-order valence-electron chi connectivity index (χ2n) is 5.31. The molecule has 1 amide bonds. The predicted octanol–water partition coefficient (Wildman–Crippen LogP) is 2.49. The van der Waals surface area contributed by atoms with Crippen molar-refractivity contribution in [2.24, 2.45) is 0 Å². The number of nitrogens with zero attached hydrogens (tertiary/aromatic N) is 1. The highest BCUT2D eigenvalue weighted by Crippen LogP contribution is 2.18. The minimum Gasteiger partial charge on any atom is -0.339 e. The number of carbonyl (C=O) groups is 1. The minimum absolute atomic E-state index is 0.249. The van der Waals surface area contributed by atoms with Gasteiger partial charge in [0.05, 0.1) is 0 Å². The van der Waals surface area contributed by atoms with Gasteiger partial charge >= 0.3 is 0 Å². The summed E-state index contributed by atoms with van der Waals surface area (Å²) in [5.74, 6) is 0.249. The maximum Gasteiger partial charge on any atom is 0.224 e. The molecule has 0 bridgehead atoms. The van der Waals surface area contributed by atoms with Crippen molar-refractivity contribution in [2.45, 2.75) is 45.7 Å². The van der Waals surface area contributed by atoms with Crippen molar-refractivity contribution in [1.82, 2.24) is 10.2 Å². The summed E-state index contributed by atoms with van der Waals surface area (Å²) in [4.78, 5) is 14.1. The van der Waals surface area contributed by atoms with Crippen molar-refractivity contribution in [3.63, 3.8) is 0 Å². The molecule has 0 aliphatic heterocycles. The molecule has 1 aliphatic carbocycles. The Morgan fingerprint density at radius 2 is 2.11 bits per heavy atom. The summed E-state index contributed by atoms with van der Waals surface area (Å²) in [6.45, 7) is 6.46. The average Bonchev–Trinajstić information content (AvgIpc) is 3.22. The van der Waals surface area contributed by atoms with E-state index in [1.807, 2.05) is 24.0 Å². The van der Waals surface area contributed by atoms with Crippen molar-refractivity contribution < 1.29 is 4.79 Å². The highest BCUT2D eigenvalue weighted by molar-refractivity contribution is 5.76. The van der Waals surface area contributed by atoms with E-state index in [4.69, 9.17) is 0 Å². The molecule has 1 aromatic rings. The summed E-state index contributed by atoms with van der Waals surface area (Å²) >= 11 is 0. The van der Waals surface area contributed by atoms with Crippen LogP contribution in [0, 0.1) is 6.92 Å². The fourth-order valence-electron chi connectivity index (χ4n) is 2.20. The molecule has 3 heteroatoms. The number of hydrogen-bond donors (Lipinski definition) is 1. The van der Waals surface area contributed by atoms with E-state index in [1.165, 1.54) is 24.0 Å². The lowest BCUT2D eigenvalue weighted by atomic mass is 10.1. The quantitative estimate of drug-likeness (QED) is 0.817. The lowest BCUT2D eigenvalue weighted by Crippen LogP contribution is -2.33. The molecule has 1 N–H and O–H groups in total. The molecule has 3 nitrogen and oxygen atoms in total. The van der Waals surface area contributed by atoms with Crippen molar-refractivity contribution in [1.29, 1.82) is 0 Å². The molecule has 0 spiro atoms. The molecule has 19 heavy (non-hydrogen) atoms. The van der Waals surface area contributed by atoms with Gasteiger partial charge in [-0.1, -0.05) is 24.3 Å². The SMILES string of the molecule is CCN(Cc1ccccc1C)C(=O)CCNC1CC1. The molecule has 104 valence electrons. The second kappa shape index (κ2) is 6.71. The van der Waals surface area contributed by atoms with E-state index < -0.39 is 0 Å². The van der Waals surface area contributed by atoms with Crippen LogP contribution in [0.5, 0.6) is 0 Å². The number of amides is 1. The first kappa shape index (κ1) is 14.1. The van der Waals surface area contributed by atoms with Crippen LogP contribution in [0.3, 0.4) is 0 Å². The van der Waals surface area contributed by atoms with Gasteiger partial charge in [-0.25, -0.2) is 0 Å². The van der Waals surface area contributed by atoms with E-state index in [1.54, 1.807) is 0 Å². The summed E-state index contributed by atoms with van der Waals surface area (Å²) in [7, 11) is 0. The Kier molecular flexibility index (Phi) is 4.97. The topological polar surface area (TPSA) is 32.3 Å². The first-order valence-corrected chi connectivity index (χ1v) is 7.26. The van der Waals surface area contributed by atoms with Crippen molar-refractivity contribution in [3.05, 3.63) is 35.4 Å². The number of benzene rings is 1. The van der Waals surface area contributed by atoms with Gasteiger partial charge in [-0.15, -0.1) is 0 Å². The molecule has 2 rings (SSSR count). The number of nitrogens with one attached hydrogen (secondary N) is 1. The monoisotopic (exact) mass is 260 g/mol. The zero-order valence-electron chi connectivity index (χ0n) is 12.0. The lowest BCUT2D eigenvalue weighted by Gasteiger charge is -2.22. The van der Waals surface area contributed by atoms with Crippen LogP contribution in [0.25, 0.3) is 0 Å². The summed E-state index contributed by atoms with van der Waals surface area (Å²) < 4.78 is 0. The first-order chi connectivity index (χ1) is 9.20. The third-order valence-electron chi connectivity index (χ3n) is 3.71. The van der Waals surface area contributed by atoms with E-state index in [0.717, 1.165) is 19.6 Å². The number of rotatable bonds is 7. The fourth-order valence-corrected chi connectivity index (χ4v) is 2.20. The van der Waals surface area contributed by atoms with Gasteiger partial charge in [0, 0.05) is 32.1 Å². The average molecular weight is 260 g/mol. The number of carbonyl (C=O) groups excluding carboxylic acids is 1. The van der Waals surface area contributed by atoms with Crippen molar-refractivity contribution >= 4 is 5.91 Å². The normalized spacial score (nSPS) is 14.4. The van der Waals surface area contributed by atoms with Crippen LogP contribution in [0.2, 0.25) is 0 Å². The molecule has 0 radical (unpaired) electrons. The van der Waals surface area contributed by atoms with Crippen LogP contribution in [0.4, 0.5) is 0 Å². The van der Waals surface area contributed by atoms with E-state index in [2.05, 4.69) is 24.4 Å². The molecule has 1 aliphatic rings. The predicted molar refractivity (Wildman–Crippen MR) is 77.9 cm³/mol. The Bertz CT molecular complexity index is 427. The largest absolute Gasteiger partial charge is 0.339 e. The summed E-state index contributed by atoms with van der Waals surface area (Å²) in [5, 5.41) is 3.39. The maximum atomic E-state index is 12.2. The van der Waals surface area contributed by atoms with Gasteiger partial charge < -0.3 is 10.2 Å². The molecule has 1 aromatic carbocycles.